The molecule has 0 aliphatic heterocycles. The molecule has 3 N–H and O–H groups in total. The molecule has 4 rings (SSSR count). The van der Waals surface area contributed by atoms with Crippen molar-refractivity contribution in [3.05, 3.63) is 101 Å². The van der Waals surface area contributed by atoms with Gasteiger partial charge >= 0.3 is 5.97 Å². The number of nitrogens with one attached hydrogen (secondary N) is 2. The fourth-order valence-corrected chi connectivity index (χ4v) is 4.26. The molecule has 0 spiro atoms. The molecule has 0 unspecified atom stereocenters. The van der Waals surface area contributed by atoms with Gasteiger partial charge in [-0.15, -0.1) is 0 Å². The SMILES string of the molecule is CC(C)(C)CC(=O)NCc1ccc2c(c1)cc(C(=O)Nc1cccc(C(=O)O)c1)n2Cc1ccccc1F. The molecule has 0 saturated heterocycles. The summed E-state index contributed by atoms with van der Waals surface area (Å²) in [4.78, 5) is 37.0. The molecule has 1 aromatic heterocycles. The van der Waals surface area contributed by atoms with Crippen LogP contribution in [0.5, 0.6) is 0 Å². The van der Waals surface area contributed by atoms with Crippen LogP contribution in [0.3, 0.4) is 0 Å². The summed E-state index contributed by atoms with van der Waals surface area (Å²) in [6.07, 6.45) is 0.404. The summed E-state index contributed by atoms with van der Waals surface area (Å²) in [5, 5.41) is 15.7. The summed E-state index contributed by atoms with van der Waals surface area (Å²) >= 11 is 0. The van der Waals surface area contributed by atoms with Crippen LogP contribution in [-0.4, -0.2) is 27.5 Å². The number of amides is 2. The van der Waals surface area contributed by atoms with Crippen molar-refractivity contribution >= 4 is 34.4 Å². The highest BCUT2D eigenvalue weighted by molar-refractivity contribution is 6.07. The fourth-order valence-electron chi connectivity index (χ4n) is 4.26. The predicted molar refractivity (Wildman–Crippen MR) is 145 cm³/mol. The second-order valence-electron chi connectivity index (χ2n) is 10.5. The summed E-state index contributed by atoms with van der Waals surface area (Å²) in [6.45, 7) is 6.47. The molecule has 3 aromatic carbocycles. The van der Waals surface area contributed by atoms with Gasteiger partial charge in [0.05, 0.1) is 12.1 Å². The van der Waals surface area contributed by atoms with Gasteiger partial charge in [0.15, 0.2) is 0 Å². The third kappa shape index (κ3) is 6.45. The minimum atomic E-state index is -1.10. The number of anilines is 1. The van der Waals surface area contributed by atoms with Crippen LogP contribution in [0.4, 0.5) is 10.1 Å². The Morgan fingerprint density at radius 1 is 0.947 bits per heavy atom. The number of aromatic carboxylic acids is 1. The van der Waals surface area contributed by atoms with Crippen LogP contribution in [0.25, 0.3) is 10.9 Å². The van der Waals surface area contributed by atoms with Crippen molar-refractivity contribution in [1.29, 1.82) is 0 Å². The zero-order valence-electron chi connectivity index (χ0n) is 21.5. The second-order valence-corrected chi connectivity index (χ2v) is 10.5. The molecule has 0 aliphatic carbocycles. The molecule has 7 nitrogen and oxygen atoms in total. The number of fused-ring (bicyclic) bond motifs is 1. The van der Waals surface area contributed by atoms with Crippen LogP contribution in [-0.2, 0) is 17.9 Å². The molecule has 0 bridgehead atoms. The summed E-state index contributed by atoms with van der Waals surface area (Å²) in [5.74, 6) is -1.98. The number of aromatic nitrogens is 1. The Hall–Kier alpha value is -4.46. The predicted octanol–water partition coefficient (Wildman–Crippen LogP) is 5.83. The Morgan fingerprint density at radius 3 is 2.42 bits per heavy atom. The van der Waals surface area contributed by atoms with Gasteiger partial charge in [0, 0.05) is 35.1 Å². The Morgan fingerprint density at radius 2 is 1.71 bits per heavy atom. The molecule has 2 amide bonds. The van der Waals surface area contributed by atoms with E-state index in [4.69, 9.17) is 0 Å². The lowest BCUT2D eigenvalue weighted by Gasteiger charge is -2.17. The number of nitrogens with zero attached hydrogens (tertiary/aromatic N) is 1. The molecular weight excluding hydrogens is 485 g/mol. The highest BCUT2D eigenvalue weighted by Gasteiger charge is 2.19. The number of halogens is 1. The standard InChI is InChI=1S/C30H30FN3O4/c1-30(2,3)16-27(35)32-17-19-11-12-25-22(13-19)15-26(34(25)18-21-7-4-5-10-24(21)31)28(36)33-23-9-6-8-20(14-23)29(37)38/h4-15H,16-18H2,1-3H3,(H,32,35)(H,33,36)(H,37,38). The maximum atomic E-state index is 14.5. The van der Waals surface area contributed by atoms with Gasteiger partial charge in [-0.25, -0.2) is 9.18 Å². The number of hydrogen-bond donors (Lipinski definition) is 3. The third-order valence-corrected chi connectivity index (χ3v) is 6.03. The highest BCUT2D eigenvalue weighted by atomic mass is 19.1. The average molecular weight is 516 g/mol. The Bertz CT molecular complexity index is 1520. The lowest BCUT2D eigenvalue weighted by atomic mass is 9.92. The van der Waals surface area contributed by atoms with Crippen LogP contribution in [0, 0.1) is 11.2 Å². The number of benzene rings is 3. The Labute approximate surface area is 220 Å². The maximum Gasteiger partial charge on any atom is 0.335 e. The van der Waals surface area contributed by atoms with Crippen LogP contribution >= 0.6 is 0 Å². The van der Waals surface area contributed by atoms with E-state index in [1.807, 2.05) is 39.0 Å². The minimum Gasteiger partial charge on any atom is -0.478 e. The molecule has 196 valence electrons. The first-order chi connectivity index (χ1) is 18.0. The summed E-state index contributed by atoms with van der Waals surface area (Å²) in [7, 11) is 0. The third-order valence-electron chi connectivity index (χ3n) is 6.03. The number of carboxylic acid groups (broad SMARTS) is 1. The molecule has 4 aromatic rings. The molecule has 0 fully saturated rings. The van der Waals surface area contributed by atoms with Gasteiger partial charge in [0.1, 0.15) is 11.5 Å². The molecular formula is C30H30FN3O4. The Balaban J connectivity index is 1.67. The van der Waals surface area contributed by atoms with Crippen molar-refractivity contribution in [2.24, 2.45) is 5.41 Å². The molecule has 0 radical (unpaired) electrons. The molecule has 1 heterocycles. The van der Waals surface area contributed by atoms with E-state index >= 15 is 0 Å². The normalized spacial score (nSPS) is 11.4. The van der Waals surface area contributed by atoms with E-state index in [0.717, 1.165) is 16.5 Å². The van der Waals surface area contributed by atoms with E-state index in [2.05, 4.69) is 10.6 Å². The minimum absolute atomic E-state index is 0.0432. The van der Waals surface area contributed by atoms with Gasteiger partial charge in [-0.1, -0.05) is 51.1 Å². The maximum absolute atomic E-state index is 14.5. The molecule has 0 saturated carbocycles. The summed E-state index contributed by atoms with van der Waals surface area (Å²) in [5.41, 5.74) is 2.56. The number of carbonyl (C=O) groups is 3. The number of carboxylic acids is 1. The quantitative estimate of drug-likeness (QED) is 0.275. The number of carbonyl (C=O) groups excluding carboxylic acids is 2. The number of hydrogen-bond acceptors (Lipinski definition) is 3. The molecule has 8 heteroatoms. The van der Waals surface area contributed by atoms with E-state index < -0.39 is 11.9 Å². The lowest BCUT2D eigenvalue weighted by molar-refractivity contribution is -0.122. The van der Waals surface area contributed by atoms with Crippen LogP contribution < -0.4 is 10.6 Å². The average Bonchev–Trinajstić information content (AvgIpc) is 3.21. The van der Waals surface area contributed by atoms with Crippen molar-refractivity contribution < 1.29 is 23.9 Å². The van der Waals surface area contributed by atoms with Gasteiger partial charge in [-0.05, 0) is 53.4 Å². The summed E-state index contributed by atoms with van der Waals surface area (Å²) < 4.78 is 16.3. The highest BCUT2D eigenvalue weighted by Crippen LogP contribution is 2.25. The van der Waals surface area contributed by atoms with E-state index in [9.17, 15) is 23.9 Å². The van der Waals surface area contributed by atoms with Gasteiger partial charge in [0.25, 0.3) is 5.91 Å². The largest absolute Gasteiger partial charge is 0.478 e. The van der Waals surface area contributed by atoms with Crippen LogP contribution in [0.2, 0.25) is 0 Å². The van der Waals surface area contributed by atoms with Crippen molar-refractivity contribution in [2.45, 2.75) is 40.3 Å². The zero-order chi connectivity index (χ0) is 27.4. The van der Waals surface area contributed by atoms with E-state index in [1.54, 1.807) is 41.0 Å². The van der Waals surface area contributed by atoms with Crippen molar-refractivity contribution in [3.63, 3.8) is 0 Å². The lowest BCUT2D eigenvalue weighted by Crippen LogP contribution is -2.27. The van der Waals surface area contributed by atoms with E-state index in [0.29, 0.717) is 24.2 Å². The monoisotopic (exact) mass is 515 g/mol. The van der Waals surface area contributed by atoms with Crippen LogP contribution in [0.15, 0.2) is 72.8 Å². The molecule has 0 aliphatic rings. The Kier molecular flexibility index (Phi) is 7.62. The van der Waals surface area contributed by atoms with E-state index in [-0.39, 0.29) is 34.9 Å². The first-order valence-corrected chi connectivity index (χ1v) is 12.3. The van der Waals surface area contributed by atoms with Gasteiger partial charge < -0.3 is 20.3 Å². The summed E-state index contributed by atoms with van der Waals surface area (Å²) in [6, 6.07) is 19.7. The van der Waals surface area contributed by atoms with Crippen LogP contribution in [0.1, 0.15) is 59.2 Å². The van der Waals surface area contributed by atoms with E-state index in [1.165, 1.54) is 18.2 Å². The molecule has 38 heavy (non-hydrogen) atoms. The first-order valence-electron chi connectivity index (χ1n) is 12.3. The van der Waals surface area contributed by atoms with Gasteiger partial charge in [-0.2, -0.15) is 0 Å². The smallest absolute Gasteiger partial charge is 0.335 e. The fraction of sp³-hybridized carbons (Fsp3) is 0.233. The van der Waals surface area contributed by atoms with Gasteiger partial charge in [0.2, 0.25) is 5.91 Å². The topological polar surface area (TPSA) is 100 Å². The van der Waals surface area contributed by atoms with Gasteiger partial charge in [-0.3, -0.25) is 9.59 Å². The van der Waals surface area contributed by atoms with Crippen molar-refractivity contribution in [2.75, 3.05) is 5.32 Å². The van der Waals surface area contributed by atoms with Crippen molar-refractivity contribution in [1.82, 2.24) is 9.88 Å². The first kappa shape index (κ1) is 26.6. The number of rotatable bonds is 8. The molecule has 0 atom stereocenters. The zero-order valence-corrected chi connectivity index (χ0v) is 21.5. The van der Waals surface area contributed by atoms with Crippen molar-refractivity contribution in [3.8, 4) is 0 Å². The second kappa shape index (κ2) is 10.9.